The van der Waals surface area contributed by atoms with Crippen molar-refractivity contribution in [3.8, 4) is 11.6 Å². The molecule has 0 atom stereocenters. The van der Waals surface area contributed by atoms with E-state index >= 15 is 0 Å². The Balaban J connectivity index is 1.22. The van der Waals surface area contributed by atoms with E-state index in [-0.39, 0.29) is 17.8 Å². The molecule has 2 aromatic heterocycles. The zero-order chi connectivity index (χ0) is 22.1. The van der Waals surface area contributed by atoms with Crippen LogP contribution in [0.25, 0.3) is 22.6 Å². The van der Waals surface area contributed by atoms with Crippen molar-refractivity contribution in [2.75, 3.05) is 13.1 Å². The highest BCUT2D eigenvalue weighted by molar-refractivity contribution is 5.91. The van der Waals surface area contributed by atoms with Crippen LogP contribution in [0.4, 0.5) is 0 Å². The lowest BCUT2D eigenvalue weighted by atomic mass is 10.0. The summed E-state index contributed by atoms with van der Waals surface area (Å²) in [5, 5.41) is 8.05. The number of amides is 1. The summed E-state index contributed by atoms with van der Waals surface area (Å²) in [5.74, 6) is 0.450. The van der Waals surface area contributed by atoms with Gasteiger partial charge in [-0.15, -0.1) is 0 Å². The molecule has 164 valence electrons. The Morgan fingerprint density at radius 2 is 1.88 bits per heavy atom. The van der Waals surface area contributed by atoms with E-state index in [2.05, 4.69) is 44.6 Å². The van der Waals surface area contributed by atoms with Crippen LogP contribution >= 0.6 is 0 Å². The van der Waals surface area contributed by atoms with Gasteiger partial charge in [0.05, 0.1) is 0 Å². The van der Waals surface area contributed by atoms with Crippen LogP contribution in [0.15, 0.2) is 57.5 Å². The number of likely N-dealkylation sites (tertiary alicyclic amines) is 1. The second-order valence-electron chi connectivity index (χ2n) is 8.44. The van der Waals surface area contributed by atoms with Crippen molar-refractivity contribution in [1.82, 2.24) is 20.4 Å². The average Bonchev–Trinajstić information content (AvgIpc) is 3.42. The van der Waals surface area contributed by atoms with E-state index < -0.39 is 0 Å². The van der Waals surface area contributed by atoms with Crippen LogP contribution < -0.4 is 5.32 Å². The second-order valence-corrected chi connectivity index (χ2v) is 8.44. The van der Waals surface area contributed by atoms with Gasteiger partial charge in [0.1, 0.15) is 5.58 Å². The molecule has 1 saturated heterocycles. The number of benzene rings is 2. The zero-order valence-corrected chi connectivity index (χ0v) is 18.3. The normalized spacial score (nSPS) is 15.3. The van der Waals surface area contributed by atoms with Crippen LogP contribution in [0.5, 0.6) is 0 Å². The first kappa shape index (κ1) is 20.5. The van der Waals surface area contributed by atoms with Gasteiger partial charge in [0.25, 0.3) is 0 Å². The lowest BCUT2D eigenvalue weighted by molar-refractivity contribution is 0.0865. The average molecular weight is 431 g/mol. The number of nitrogens with zero attached hydrogens (tertiary/aromatic N) is 3. The molecule has 1 fully saturated rings. The van der Waals surface area contributed by atoms with Crippen molar-refractivity contribution in [1.29, 1.82) is 0 Å². The molecule has 0 bridgehead atoms. The molecule has 7 nitrogen and oxygen atoms in total. The molecule has 4 aromatic rings. The van der Waals surface area contributed by atoms with E-state index in [1.165, 1.54) is 5.56 Å². The number of rotatable bonds is 5. The minimum absolute atomic E-state index is 0.0386. The first-order valence-electron chi connectivity index (χ1n) is 11.0. The van der Waals surface area contributed by atoms with Gasteiger partial charge < -0.3 is 14.3 Å². The third-order valence-corrected chi connectivity index (χ3v) is 6.16. The predicted octanol–water partition coefficient (Wildman–Crippen LogP) is 4.49. The number of carbonyl (C=O) groups excluding carboxylic acids is 1. The molecule has 2 aromatic carbocycles. The monoisotopic (exact) mass is 430 g/mol. The topological polar surface area (TPSA) is 84.4 Å². The van der Waals surface area contributed by atoms with E-state index in [1.807, 2.05) is 38.1 Å². The van der Waals surface area contributed by atoms with Gasteiger partial charge >= 0.3 is 11.8 Å². The number of carbonyl (C=O) groups is 1. The summed E-state index contributed by atoms with van der Waals surface area (Å²) in [6.45, 7) is 6.76. The molecule has 0 aliphatic carbocycles. The maximum absolute atomic E-state index is 12.7. The lowest BCUT2D eigenvalue weighted by Gasteiger charge is -2.32. The Morgan fingerprint density at radius 3 is 2.62 bits per heavy atom. The molecule has 1 aliphatic heterocycles. The predicted molar refractivity (Wildman–Crippen MR) is 121 cm³/mol. The zero-order valence-electron chi connectivity index (χ0n) is 18.3. The summed E-state index contributed by atoms with van der Waals surface area (Å²) in [7, 11) is 0. The standard InChI is InChI=1S/C25H26N4O3/c1-16-7-6-10-20-17(2)22(31-21(16)20)23-27-25(32-28-23)24(30)26-19-11-13-29(14-12-19)15-18-8-4-3-5-9-18/h3-10,19H,11-15H2,1-2H3,(H,26,30). The summed E-state index contributed by atoms with van der Waals surface area (Å²) in [5.41, 5.74) is 4.08. The second kappa shape index (κ2) is 8.59. The number of hydrogen-bond acceptors (Lipinski definition) is 6. The molecule has 1 N–H and O–H groups in total. The highest BCUT2D eigenvalue weighted by atomic mass is 16.5. The van der Waals surface area contributed by atoms with Crippen LogP contribution in [0, 0.1) is 13.8 Å². The summed E-state index contributed by atoms with van der Waals surface area (Å²) in [6.07, 6.45) is 1.78. The van der Waals surface area contributed by atoms with Crippen molar-refractivity contribution < 1.29 is 13.7 Å². The van der Waals surface area contributed by atoms with Crippen molar-refractivity contribution >= 4 is 16.9 Å². The van der Waals surface area contributed by atoms with Crippen molar-refractivity contribution in [3.05, 3.63) is 71.1 Å². The summed E-state index contributed by atoms with van der Waals surface area (Å²) in [6, 6.07) is 16.5. The first-order valence-corrected chi connectivity index (χ1v) is 11.0. The molecule has 0 spiro atoms. The van der Waals surface area contributed by atoms with Gasteiger partial charge in [0.15, 0.2) is 5.76 Å². The molecule has 1 amide bonds. The number of para-hydroxylation sites is 1. The fourth-order valence-electron chi connectivity index (χ4n) is 4.33. The third-order valence-electron chi connectivity index (χ3n) is 6.16. The maximum atomic E-state index is 12.7. The first-order chi connectivity index (χ1) is 15.6. The summed E-state index contributed by atoms with van der Waals surface area (Å²) >= 11 is 0. The molecule has 3 heterocycles. The van der Waals surface area contributed by atoms with Crippen LogP contribution in [-0.4, -0.2) is 40.1 Å². The number of fused-ring (bicyclic) bond motifs is 1. The molecular weight excluding hydrogens is 404 g/mol. The van der Waals surface area contributed by atoms with E-state index in [1.54, 1.807) is 0 Å². The van der Waals surface area contributed by atoms with Gasteiger partial charge in [-0.05, 0) is 37.8 Å². The maximum Gasteiger partial charge on any atom is 0.316 e. The molecule has 0 unspecified atom stereocenters. The van der Waals surface area contributed by atoms with E-state index in [9.17, 15) is 4.79 Å². The Bertz CT molecular complexity index is 1240. The van der Waals surface area contributed by atoms with Gasteiger partial charge in [-0.25, -0.2) is 0 Å². The van der Waals surface area contributed by atoms with Crippen molar-refractivity contribution in [3.63, 3.8) is 0 Å². The van der Waals surface area contributed by atoms with E-state index in [0.717, 1.165) is 54.6 Å². The SMILES string of the molecule is Cc1c(-c2noc(C(=O)NC3CCN(Cc4ccccc4)CC3)n2)oc2c(C)cccc12. The van der Waals surface area contributed by atoms with Gasteiger partial charge in [-0.1, -0.05) is 53.7 Å². The van der Waals surface area contributed by atoms with Crippen LogP contribution in [0.1, 0.15) is 40.2 Å². The molecule has 32 heavy (non-hydrogen) atoms. The Hall–Kier alpha value is -3.45. The quantitative estimate of drug-likeness (QED) is 0.502. The molecule has 5 rings (SSSR count). The minimum Gasteiger partial charge on any atom is -0.452 e. The van der Waals surface area contributed by atoms with Crippen LogP contribution in [0.3, 0.4) is 0 Å². The highest BCUT2D eigenvalue weighted by Gasteiger charge is 2.25. The van der Waals surface area contributed by atoms with Crippen molar-refractivity contribution in [2.45, 2.75) is 39.3 Å². The number of piperidine rings is 1. The largest absolute Gasteiger partial charge is 0.452 e. The number of nitrogens with one attached hydrogen (secondary N) is 1. The Kier molecular flexibility index (Phi) is 5.49. The van der Waals surface area contributed by atoms with E-state index in [4.69, 9.17) is 8.94 Å². The highest BCUT2D eigenvalue weighted by Crippen LogP contribution is 2.33. The lowest BCUT2D eigenvalue weighted by Crippen LogP contribution is -2.44. The third kappa shape index (κ3) is 4.03. The van der Waals surface area contributed by atoms with Gasteiger partial charge in [-0.2, -0.15) is 4.98 Å². The summed E-state index contributed by atoms with van der Waals surface area (Å²) < 4.78 is 11.3. The minimum atomic E-state index is -0.338. The number of aryl methyl sites for hydroxylation is 2. The summed E-state index contributed by atoms with van der Waals surface area (Å²) in [4.78, 5) is 19.4. The smallest absolute Gasteiger partial charge is 0.316 e. The molecule has 0 radical (unpaired) electrons. The number of aromatic nitrogens is 2. The fourth-order valence-corrected chi connectivity index (χ4v) is 4.33. The number of hydrogen-bond donors (Lipinski definition) is 1. The van der Waals surface area contributed by atoms with Gasteiger partial charge in [-0.3, -0.25) is 9.69 Å². The van der Waals surface area contributed by atoms with Crippen molar-refractivity contribution in [2.24, 2.45) is 0 Å². The van der Waals surface area contributed by atoms with Gasteiger partial charge in [0.2, 0.25) is 5.82 Å². The molecule has 0 saturated carbocycles. The Labute approximate surface area is 186 Å². The van der Waals surface area contributed by atoms with E-state index in [0.29, 0.717) is 11.6 Å². The fraction of sp³-hybridized carbons (Fsp3) is 0.320. The molecule has 1 aliphatic rings. The molecule has 7 heteroatoms. The molecular formula is C25H26N4O3. The Morgan fingerprint density at radius 1 is 1.09 bits per heavy atom. The van der Waals surface area contributed by atoms with Crippen LogP contribution in [-0.2, 0) is 6.54 Å². The van der Waals surface area contributed by atoms with Crippen LogP contribution in [0.2, 0.25) is 0 Å². The number of furan rings is 1. The van der Waals surface area contributed by atoms with Gasteiger partial charge in [0, 0.05) is 36.6 Å².